The van der Waals surface area contributed by atoms with Crippen LogP contribution in [0.1, 0.15) is 28.7 Å². The Balaban J connectivity index is 1.99. The second-order valence-corrected chi connectivity index (χ2v) is 5.41. The summed E-state index contributed by atoms with van der Waals surface area (Å²) in [5.41, 5.74) is 1.71. The average molecular weight is 326 g/mol. The zero-order chi connectivity index (χ0) is 17.3. The minimum atomic E-state index is -1.08. The first kappa shape index (κ1) is 15.6. The molecule has 2 atom stereocenters. The third kappa shape index (κ3) is 2.94. The van der Waals surface area contributed by atoms with Crippen molar-refractivity contribution in [1.29, 1.82) is 0 Å². The lowest BCUT2D eigenvalue weighted by atomic mass is 9.90. The highest BCUT2D eigenvalue weighted by molar-refractivity contribution is 5.86. The van der Waals surface area contributed by atoms with Gasteiger partial charge in [-0.1, -0.05) is 18.2 Å². The van der Waals surface area contributed by atoms with Crippen molar-refractivity contribution in [3.05, 3.63) is 65.2 Å². The lowest BCUT2D eigenvalue weighted by Gasteiger charge is -2.16. The van der Waals surface area contributed by atoms with Crippen LogP contribution in [0.25, 0.3) is 6.08 Å². The van der Waals surface area contributed by atoms with Gasteiger partial charge in [0.05, 0.1) is 0 Å². The van der Waals surface area contributed by atoms with Crippen molar-refractivity contribution >= 4 is 18.0 Å². The first-order chi connectivity index (χ1) is 11.5. The van der Waals surface area contributed by atoms with Crippen LogP contribution in [0.2, 0.25) is 0 Å². The summed E-state index contributed by atoms with van der Waals surface area (Å²) in [7, 11) is 0. The van der Waals surface area contributed by atoms with Crippen molar-refractivity contribution in [3.63, 3.8) is 0 Å². The maximum Gasteiger partial charge on any atom is 0.328 e. The normalized spacial score (nSPS) is 19.0. The SMILES string of the molecule is O=C(O)C=Cc1ccc2c(c1)[C@H](C(=O)O)[C@@H](c1ccc(O)cc1)O2. The Morgan fingerprint density at radius 1 is 1.04 bits per heavy atom. The van der Waals surface area contributed by atoms with E-state index in [1.807, 2.05) is 0 Å². The van der Waals surface area contributed by atoms with E-state index in [0.29, 0.717) is 22.4 Å². The van der Waals surface area contributed by atoms with Gasteiger partial charge in [-0.15, -0.1) is 0 Å². The lowest BCUT2D eigenvalue weighted by Crippen LogP contribution is -2.18. The van der Waals surface area contributed by atoms with Crippen LogP contribution in [0.3, 0.4) is 0 Å². The number of fused-ring (bicyclic) bond motifs is 1. The van der Waals surface area contributed by atoms with E-state index in [0.717, 1.165) is 6.08 Å². The number of benzene rings is 2. The highest BCUT2D eigenvalue weighted by Gasteiger charge is 2.40. The smallest absolute Gasteiger partial charge is 0.328 e. The zero-order valence-electron chi connectivity index (χ0n) is 12.4. The Morgan fingerprint density at radius 2 is 1.75 bits per heavy atom. The first-order valence-electron chi connectivity index (χ1n) is 7.19. The van der Waals surface area contributed by atoms with Crippen LogP contribution < -0.4 is 4.74 Å². The van der Waals surface area contributed by atoms with Crippen LogP contribution in [-0.4, -0.2) is 27.3 Å². The number of carboxylic acids is 2. The van der Waals surface area contributed by atoms with E-state index < -0.39 is 24.0 Å². The molecule has 0 spiro atoms. The van der Waals surface area contributed by atoms with Crippen molar-refractivity contribution in [2.45, 2.75) is 12.0 Å². The maximum absolute atomic E-state index is 11.8. The summed E-state index contributed by atoms with van der Waals surface area (Å²) in [6, 6.07) is 11.1. The van der Waals surface area contributed by atoms with Gasteiger partial charge in [-0.2, -0.15) is 0 Å². The van der Waals surface area contributed by atoms with Crippen molar-refractivity contribution in [2.24, 2.45) is 0 Å². The zero-order valence-corrected chi connectivity index (χ0v) is 12.4. The summed E-state index contributed by atoms with van der Waals surface area (Å²) >= 11 is 0. The Hall–Kier alpha value is -3.28. The van der Waals surface area contributed by atoms with E-state index in [4.69, 9.17) is 9.84 Å². The predicted octanol–water partition coefficient (Wildman–Crippen LogP) is 2.79. The van der Waals surface area contributed by atoms with Gasteiger partial charge < -0.3 is 20.1 Å². The van der Waals surface area contributed by atoms with Gasteiger partial charge in [0.1, 0.15) is 23.5 Å². The van der Waals surface area contributed by atoms with E-state index in [1.165, 1.54) is 18.2 Å². The third-order valence-electron chi connectivity index (χ3n) is 3.83. The van der Waals surface area contributed by atoms with Gasteiger partial charge in [-0.3, -0.25) is 4.79 Å². The molecule has 1 aliphatic heterocycles. The molecule has 122 valence electrons. The summed E-state index contributed by atoms with van der Waals surface area (Å²) in [6.45, 7) is 0. The summed E-state index contributed by atoms with van der Waals surface area (Å²) in [6.07, 6.45) is 1.68. The Bertz CT molecular complexity index is 822. The number of aliphatic carboxylic acids is 2. The van der Waals surface area contributed by atoms with Crippen LogP contribution >= 0.6 is 0 Å². The van der Waals surface area contributed by atoms with Crippen LogP contribution in [0.15, 0.2) is 48.5 Å². The molecule has 0 saturated heterocycles. The van der Waals surface area contributed by atoms with Crippen molar-refractivity contribution < 1.29 is 29.6 Å². The highest BCUT2D eigenvalue weighted by atomic mass is 16.5. The number of hydrogen-bond donors (Lipinski definition) is 3. The van der Waals surface area contributed by atoms with E-state index in [2.05, 4.69) is 0 Å². The van der Waals surface area contributed by atoms with Gasteiger partial charge in [0, 0.05) is 11.6 Å². The Morgan fingerprint density at radius 3 is 2.38 bits per heavy atom. The van der Waals surface area contributed by atoms with Gasteiger partial charge >= 0.3 is 11.9 Å². The number of phenolic OH excluding ortho intramolecular Hbond substituents is 1. The van der Waals surface area contributed by atoms with E-state index in [1.54, 1.807) is 30.3 Å². The fourth-order valence-electron chi connectivity index (χ4n) is 2.74. The van der Waals surface area contributed by atoms with Crippen molar-refractivity contribution in [3.8, 4) is 11.5 Å². The molecule has 0 aliphatic carbocycles. The molecule has 1 aliphatic rings. The van der Waals surface area contributed by atoms with Crippen LogP contribution in [0, 0.1) is 0 Å². The minimum Gasteiger partial charge on any atom is -0.508 e. The number of ether oxygens (including phenoxy) is 1. The fraction of sp³-hybridized carbons (Fsp3) is 0.111. The first-order valence-corrected chi connectivity index (χ1v) is 7.19. The summed E-state index contributed by atoms with van der Waals surface area (Å²) in [4.78, 5) is 22.4. The fourth-order valence-corrected chi connectivity index (χ4v) is 2.74. The second-order valence-electron chi connectivity index (χ2n) is 5.41. The van der Waals surface area contributed by atoms with Crippen molar-refractivity contribution in [1.82, 2.24) is 0 Å². The largest absolute Gasteiger partial charge is 0.508 e. The quantitative estimate of drug-likeness (QED) is 0.746. The Kier molecular flexibility index (Phi) is 3.95. The predicted molar refractivity (Wildman–Crippen MR) is 85.0 cm³/mol. The number of carboxylic acid groups (broad SMARTS) is 2. The molecule has 0 radical (unpaired) electrons. The summed E-state index contributed by atoms with van der Waals surface area (Å²) in [5.74, 6) is -2.49. The summed E-state index contributed by atoms with van der Waals surface area (Å²) < 4.78 is 5.78. The van der Waals surface area contributed by atoms with Crippen LogP contribution in [0.5, 0.6) is 11.5 Å². The molecule has 6 heteroatoms. The van der Waals surface area contributed by atoms with Gasteiger partial charge in [0.2, 0.25) is 0 Å². The second kappa shape index (κ2) is 6.08. The van der Waals surface area contributed by atoms with E-state index in [9.17, 15) is 19.8 Å². The number of hydrogen-bond acceptors (Lipinski definition) is 4. The monoisotopic (exact) mass is 326 g/mol. The third-order valence-corrected chi connectivity index (χ3v) is 3.83. The van der Waals surface area contributed by atoms with E-state index in [-0.39, 0.29) is 5.75 Å². The number of aromatic hydroxyl groups is 1. The van der Waals surface area contributed by atoms with E-state index >= 15 is 0 Å². The molecule has 2 aromatic carbocycles. The molecular formula is C18H14O6. The van der Waals surface area contributed by atoms with Gasteiger partial charge in [0.25, 0.3) is 0 Å². The molecule has 0 fully saturated rings. The summed E-state index contributed by atoms with van der Waals surface area (Å²) in [5, 5.41) is 27.7. The molecule has 24 heavy (non-hydrogen) atoms. The molecule has 3 N–H and O–H groups in total. The molecule has 6 nitrogen and oxygen atoms in total. The average Bonchev–Trinajstić information content (AvgIpc) is 2.92. The molecule has 0 bridgehead atoms. The molecule has 2 aromatic rings. The number of carbonyl (C=O) groups is 2. The standard InChI is InChI=1S/C18H14O6/c19-12-5-3-11(4-6-12)17-16(18(22)23)13-9-10(2-8-15(20)21)1-7-14(13)24-17/h1-9,16-17,19H,(H,20,21)(H,22,23)/t16-,17+/m0/s1. The lowest BCUT2D eigenvalue weighted by molar-refractivity contribution is -0.140. The number of rotatable bonds is 4. The van der Waals surface area contributed by atoms with Gasteiger partial charge in [-0.05, 0) is 41.5 Å². The maximum atomic E-state index is 11.8. The number of phenols is 1. The van der Waals surface area contributed by atoms with Gasteiger partial charge in [0.15, 0.2) is 0 Å². The Labute approximate surface area is 137 Å². The van der Waals surface area contributed by atoms with Gasteiger partial charge in [-0.25, -0.2) is 4.79 Å². The minimum absolute atomic E-state index is 0.0854. The van der Waals surface area contributed by atoms with Crippen LogP contribution in [-0.2, 0) is 9.59 Å². The van der Waals surface area contributed by atoms with Crippen molar-refractivity contribution in [2.75, 3.05) is 0 Å². The molecule has 1 heterocycles. The molecule has 0 saturated carbocycles. The molecular weight excluding hydrogens is 312 g/mol. The molecule has 0 unspecified atom stereocenters. The van der Waals surface area contributed by atoms with Crippen LogP contribution in [0.4, 0.5) is 0 Å². The highest BCUT2D eigenvalue weighted by Crippen LogP contribution is 2.46. The molecule has 0 aromatic heterocycles. The molecule has 0 amide bonds. The topological polar surface area (TPSA) is 104 Å². The molecule has 3 rings (SSSR count).